The van der Waals surface area contributed by atoms with Gasteiger partial charge in [-0.25, -0.2) is 4.68 Å². The van der Waals surface area contributed by atoms with Crippen LogP contribution < -0.4 is 15.2 Å². The molecule has 3 aromatic rings. The van der Waals surface area contributed by atoms with Gasteiger partial charge in [0.2, 0.25) is 5.91 Å². The number of carbonyl (C=O) groups is 1. The molecule has 0 spiro atoms. The molecule has 1 fully saturated rings. The van der Waals surface area contributed by atoms with Gasteiger partial charge in [-0.2, -0.15) is 5.10 Å². The van der Waals surface area contributed by atoms with Crippen molar-refractivity contribution in [2.45, 2.75) is 50.9 Å². The van der Waals surface area contributed by atoms with E-state index in [-0.39, 0.29) is 18.4 Å². The number of nitrogens with zero attached hydrogens (tertiary/aromatic N) is 4. The molecule has 1 atom stereocenters. The molecule has 1 aliphatic heterocycles. The standard InChI is InChI=1S/C26H31N5O3S/c1-33-21-14-18-12-13-29(25(17-6-4-3-5-7-17)20(18)15-22(21)34-2)16-30-26(35)31(19-8-9-19)24(28-30)11-10-23(27)32/h3-7,14-15,19,25H,8-13,16H2,1-2H3,(H2,27,32)/t25-/m0/s1. The molecule has 2 aromatic carbocycles. The zero-order valence-electron chi connectivity index (χ0n) is 20.1. The molecule has 8 nitrogen and oxygen atoms in total. The number of aromatic nitrogens is 3. The first-order chi connectivity index (χ1) is 17.0. The van der Waals surface area contributed by atoms with E-state index in [9.17, 15) is 4.79 Å². The smallest absolute Gasteiger partial charge is 0.217 e. The summed E-state index contributed by atoms with van der Waals surface area (Å²) in [5.74, 6) is 1.98. The maximum Gasteiger partial charge on any atom is 0.217 e. The molecule has 1 aliphatic carbocycles. The highest BCUT2D eigenvalue weighted by molar-refractivity contribution is 7.71. The highest BCUT2D eigenvalue weighted by atomic mass is 32.1. The third kappa shape index (κ3) is 4.70. The summed E-state index contributed by atoms with van der Waals surface area (Å²) in [4.78, 5) is 13.8. The molecule has 1 aromatic heterocycles. The molecular formula is C26H31N5O3S. The molecule has 2 aliphatic rings. The van der Waals surface area contributed by atoms with E-state index in [4.69, 9.17) is 32.5 Å². The van der Waals surface area contributed by atoms with E-state index in [1.165, 1.54) is 16.7 Å². The molecule has 0 unspecified atom stereocenters. The SMILES string of the molecule is COc1cc2c(cc1OC)[C@H](c1ccccc1)N(Cn1nc(CCC(N)=O)n(C3CC3)c1=S)CC2. The van der Waals surface area contributed by atoms with Crippen molar-refractivity contribution in [3.8, 4) is 11.5 Å². The monoisotopic (exact) mass is 493 g/mol. The van der Waals surface area contributed by atoms with Crippen LogP contribution in [-0.4, -0.2) is 45.9 Å². The lowest BCUT2D eigenvalue weighted by Crippen LogP contribution is -2.38. The zero-order chi connectivity index (χ0) is 24.5. The van der Waals surface area contributed by atoms with Crippen LogP contribution in [0.4, 0.5) is 0 Å². The Morgan fingerprint density at radius 3 is 2.51 bits per heavy atom. The molecule has 1 amide bonds. The van der Waals surface area contributed by atoms with Crippen molar-refractivity contribution in [2.75, 3.05) is 20.8 Å². The number of carbonyl (C=O) groups excluding carboxylic acids is 1. The van der Waals surface area contributed by atoms with Gasteiger partial charge in [0.1, 0.15) is 5.82 Å². The maximum absolute atomic E-state index is 11.4. The summed E-state index contributed by atoms with van der Waals surface area (Å²) in [5, 5.41) is 4.86. The van der Waals surface area contributed by atoms with E-state index in [1.807, 2.05) is 10.7 Å². The van der Waals surface area contributed by atoms with Crippen molar-refractivity contribution < 1.29 is 14.3 Å². The van der Waals surface area contributed by atoms with E-state index >= 15 is 0 Å². The third-order valence-electron chi connectivity index (χ3n) is 6.85. The van der Waals surface area contributed by atoms with Crippen molar-refractivity contribution in [1.82, 2.24) is 19.2 Å². The van der Waals surface area contributed by atoms with Crippen molar-refractivity contribution in [1.29, 1.82) is 0 Å². The number of aryl methyl sites for hydroxylation is 1. The number of rotatable bonds is 9. The third-order valence-corrected chi connectivity index (χ3v) is 7.26. The number of primary amides is 1. The largest absolute Gasteiger partial charge is 0.493 e. The van der Waals surface area contributed by atoms with Gasteiger partial charge in [-0.15, -0.1) is 0 Å². The van der Waals surface area contributed by atoms with E-state index in [0.717, 1.165) is 43.1 Å². The Kier molecular flexibility index (Phi) is 6.62. The van der Waals surface area contributed by atoms with Crippen LogP contribution in [0.2, 0.25) is 0 Å². The van der Waals surface area contributed by atoms with Gasteiger partial charge in [0.25, 0.3) is 0 Å². The molecule has 2 heterocycles. The lowest BCUT2D eigenvalue weighted by atomic mass is 9.88. The first kappa shape index (κ1) is 23.6. The Balaban J connectivity index is 1.53. The van der Waals surface area contributed by atoms with Crippen molar-refractivity contribution in [2.24, 2.45) is 5.73 Å². The Labute approximate surface area is 210 Å². The van der Waals surface area contributed by atoms with E-state index in [2.05, 4.69) is 45.9 Å². The lowest BCUT2D eigenvalue weighted by Gasteiger charge is -2.37. The van der Waals surface area contributed by atoms with Crippen molar-refractivity contribution in [3.63, 3.8) is 0 Å². The zero-order valence-corrected chi connectivity index (χ0v) is 21.0. The van der Waals surface area contributed by atoms with E-state index in [1.54, 1.807) is 14.2 Å². The summed E-state index contributed by atoms with van der Waals surface area (Å²) in [5.41, 5.74) is 9.06. The molecule has 184 valence electrons. The second-order valence-electron chi connectivity index (χ2n) is 9.19. The number of amides is 1. The van der Waals surface area contributed by atoms with Gasteiger partial charge in [-0.3, -0.25) is 9.69 Å². The van der Waals surface area contributed by atoms with Crippen LogP contribution in [0.1, 0.15) is 53.9 Å². The van der Waals surface area contributed by atoms with Crippen LogP contribution in [0.3, 0.4) is 0 Å². The van der Waals surface area contributed by atoms with Gasteiger partial charge in [0.15, 0.2) is 16.3 Å². The van der Waals surface area contributed by atoms with Crippen LogP contribution in [0.15, 0.2) is 42.5 Å². The highest BCUT2D eigenvalue weighted by Crippen LogP contribution is 2.41. The molecule has 5 rings (SSSR count). The number of fused-ring (bicyclic) bond motifs is 1. The molecule has 35 heavy (non-hydrogen) atoms. The summed E-state index contributed by atoms with van der Waals surface area (Å²) in [7, 11) is 3.33. The fourth-order valence-electron chi connectivity index (χ4n) is 5.01. The molecule has 2 N–H and O–H groups in total. The van der Waals surface area contributed by atoms with E-state index in [0.29, 0.717) is 23.9 Å². The number of methoxy groups -OCH3 is 2. The van der Waals surface area contributed by atoms with Gasteiger partial charge in [0, 0.05) is 25.4 Å². The number of benzene rings is 2. The Morgan fingerprint density at radius 2 is 1.86 bits per heavy atom. The number of ether oxygens (including phenoxy) is 2. The predicted octanol–water partition coefficient (Wildman–Crippen LogP) is 3.79. The molecule has 1 saturated carbocycles. The second-order valence-corrected chi connectivity index (χ2v) is 9.55. The minimum atomic E-state index is -0.325. The molecule has 0 radical (unpaired) electrons. The van der Waals surface area contributed by atoms with Gasteiger partial charge < -0.3 is 19.8 Å². The Morgan fingerprint density at radius 1 is 1.14 bits per heavy atom. The fraction of sp³-hybridized carbons (Fsp3) is 0.423. The topological polar surface area (TPSA) is 87.5 Å². The van der Waals surface area contributed by atoms with Crippen molar-refractivity contribution in [3.05, 3.63) is 69.8 Å². The van der Waals surface area contributed by atoms with Gasteiger partial charge >= 0.3 is 0 Å². The number of nitrogens with two attached hydrogens (primary N) is 1. The normalized spacial score (nSPS) is 17.7. The first-order valence-corrected chi connectivity index (χ1v) is 12.4. The Hall–Kier alpha value is -3.17. The molecular weight excluding hydrogens is 462 g/mol. The molecule has 0 bridgehead atoms. The Bertz CT molecular complexity index is 1280. The summed E-state index contributed by atoms with van der Waals surface area (Å²) >= 11 is 5.87. The number of hydrogen-bond donors (Lipinski definition) is 1. The summed E-state index contributed by atoms with van der Waals surface area (Å²) < 4.78 is 15.9. The first-order valence-electron chi connectivity index (χ1n) is 12.0. The summed E-state index contributed by atoms with van der Waals surface area (Å²) in [6.45, 7) is 1.40. The molecule has 0 saturated heterocycles. The van der Waals surface area contributed by atoms with E-state index < -0.39 is 0 Å². The predicted molar refractivity (Wildman–Crippen MR) is 135 cm³/mol. The van der Waals surface area contributed by atoms with Crippen molar-refractivity contribution >= 4 is 18.1 Å². The summed E-state index contributed by atoms with van der Waals surface area (Å²) in [6, 6.07) is 15.1. The summed E-state index contributed by atoms with van der Waals surface area (Å²) in [6.07, 6.45) is 3.84. The highest BCUT2D eigenvalue weighted by Gasteiger charge is 2.33. The average molecular weight is 494 g/mol. The van der Waals surface area contributed by atoms with Crippen LogP contribution in [0, 0.1) is 4.77 Å². The van der Waals surface area contributed by atoms with Crippen LogP contribution in [0.5, 0.6) is 11.5 Å². The van der Waals surface area contributed by atoms with Gasteiger partial charge in [-0.05, 0) is 60.3 Å². The lowest BCUT2D eigenvalue weighted by molar-refractivity contribution is -0.118. The number of hydrogen-bond acceptors (Lipinski definition) is 6. The minimum Gasteiger partial charge on any atom is -0.493 e. The van der Waals surface area contributed by atoms with Crippen LogP contribution in [0.25, 0.3) is 0 Å². The maximum atomic E-state index is 11.4. The van der Waals surface area contributed by atoms with Crippen LogP contribution in [-0.2, 0) is 24.3 Å². The molecule has 9 heteroatoms. The van der Waals surface area contributed by atoms with Gasteiger partial charge in [0.05, 0.1) is 26.9 Å². The quantitative estimate of drug-likeness (QED) is 0.457. The van der Waals surface area contributed by atoms with Gasteiger partial charge in [-0.1, -0.05) is 30.3 Å². The minimum absolute atomic E-state index is 0.0156. The fourth-order valence-corrected chi connectivity index (χ4v) is 5.36. The average Bonchev–Trinajstić information content (AvgIpc) is 3.66. The second kappa shape index (κ2) is 9.83. The van der Waals surface area contributed by atoms with Crippen LogP contribution >= 0.6 is 12.2 Å².